The summed E-state index contributed by atoms with van der Waals surface area (Å²) in [6.07, 6.45) is 3.82. The minimum absolute atomic E-state index is 0.615. The maximum absolute atomic E-state index is 5.76. The molecule has 2 N–H and O–H groups in total. The molecule has 0 aromatic heterocycles. The zero-order chi connectivity index (χ0) is 9.26. The van der Waals surface area contributed by atoms with Gasteiger partial charge in [-0.05, 0) is 49.8 Å². The van der Waals surface area contributed by atoms with Crippen LogP contribution in [-0.2, 0) is 6.42 Å². The van der Waals surface area contributed by atoms with Crippen molar-refractivity contribution < 1.29 is 0 Å². The smallest absolute Gasteiger partial charge is 0.000813 e. The lowest BCUT2D eigenvalue weighted by molar-refractivity contribution is 0.560. The van der Waals surface area contributed by atoms with Crippen LogP contribution in [0.4, 0.5) is 0 Å². The quantitative estimate of drug-likeness (QED) is 0.696. The van der Waals surface area contributed by atoms with Crippen LogP contribution in [0.1, 0.15) is 35.4 Å². The monoisotopic (exact) mass is 175 g/mol. The SMILES string of the molecule is Cc1ccc2c(c1)CCC[C@H]2CN. The lowest BCUT2D eigenvalue weighted by Crippen LogP contribution is -2.18. The Hall–Kier alpha value is -0.820. The number of rotatable bonds is 1. The largest absolute Gasteiger partial charge is 0.330 e. The van der Waals surface area contributed by atoms with Crippen LogP contribution in [0.2, 0.25) is 0 Å². The number of nitrogens with two attached hydrogens (primary N) is 1. The van der Waals surface area contributed by atoms with E-state index >= 15 is 0 Å². The Labute approximate surface area is 80.0 Å². The van der Waals surface area contributed by atoms with Crippen molar-refractivity contribution >= 4 is 0 Å². The summed E-state index contributed by atoms with van der Waals surface area (Å²) < 4.78 is 0. The van der Waals surface area contributed by atoms with Crippen LogP contribution in [0.3, 0.4) is 0 Å². The maximum atomic E-state index is 5.76. The molecule has 1 aliphatic rings. The van der Waals surface area contributed by atoms with Crippen molar-refractivity contribution in [2.75, 3.05) is 6.54 Å². The summed E-state index contributed by atoms with van der Waals surface area (Å²) in [6.45, 7) is 2.96. The number of hydrogen-bond donors (Lipinski definition) is 1. The van der Waals surface area contributed by atoms with Gasteiger partial charge >= 0.3 is 0 Å². The van der Waals surface area contributed by atoms with Crippen LogP contribution >= 0.6 is 0 Å². The number of hydrogen-bond acceptors (Lipinski definition) is 1. The molecule has 2 rings (SSSR count). The van der Waals surface area contributed by atoms with E-state index in [0.29, 0.717) is 5.92 Å². The van der Waals surface area contributed by atoms with E-state index in [1.807, 2.05) is 0 Å². The molecule has 0 aliphatic heterocycles. The van der Waals surface area contributed by atoms with E-state index < -0.39 is 0 Å². The molecule has 1 atom stereocenters. The fourth-order valence-electron chi connectivity index (χ4n) is 2.29. The minimum atomic E-state index is 0.615. The molecule has 0 bridgehead atoms. The molecule has 1 aliphatic carbocycles. The van der Waals surface area contributed by atoms with Crippen molar-refractivity contribution in [2.45, 2.75) is 32.1 Å². The highest BCUT2D eigenvalue weighted by molar-refractivity contribution is 5.36. The van der Waals surface area contributed by atoms with E-state index in [1.165, 1.54) is 36.0 Å². The van der Waals surface area contributed by atoms with Gasteiger partial charge in [-0.1, -0.05) is 23.8 Å². The normalized spacial score (nSPS) is 21.2. The molecule has 1 heteroatoms. The second-order valence-electron chi connectivity index (χ2n) is 4.03. The first kappa shape index (κ1) is 8.76. The summed E-state index contributed by atoms with van der Waals surface area (Å²) in [5.74, 6) is 0.615. The summed E-state index contributed by atoms with van der Waals surface area (Å²) in [4.78, 5) is 0. The van der Waals surface area contributed by atoms with Gasteiger partial charge in [0, 0.05) is 0 Å². The molecule has 0 saturated heterocycles. The van der Waals surface area contributed by atoms with E-state index in [1.54, 1.807) is 0 Å². The van der Waals surface area contributed by atoms with E-state index in [2.05, 4.69) is 25.1 Å². The molecular formula is C12H17N. The van der Waals surface area contributed by atoms with Gasteiger partial charge in [0.05, 0.1) is 0 Å². The van der Waals surface area contributed by atoms with Gasteiger partial charge in [0.2, 0.25) is 0 Å². The van der Waals surface area contributed by atoms with Crippen molar-refractivity contribution in [1.82, 2.24) is 0 Å². The third kappa shape index (κ3) is 1.61. The van der Waals surface area contributed by atoms with Crippen molar-refractivity contribution in [1.29, 1.82) is 0 Å². The van der Waals surface area contributed by atoms with E-state index in [4.69, 9.17) is 5.73 Å². The Kier molecular flexibility index (Phi) is 2.36. The highest BCUT2D eigenvalue weighted by Gasteiger charge is 2.18. The van der Waals surface area contributed by atoms with Crippen LogP contribution in [0.5, 0.6) is 0 Å². The zero-order valence-corrected chi connectivity index (χ0v) is 8.22. The summed E-state index contributed by atoms with van der Waals surface area (Å²) in [5, 5.41) is 0. The molecule has 1 nitrogen and oxygen atoms in total. The summed E-state index contributed by atoms with van der Waals surface area (Å²) in [6, 6.07) is 6.78. The van der Waals surface area contributed by atoms with E-state index in [9.17, 15) is 0 Å². The Balaban J connectivity index is 2.40. The molecule has 0 heterocycles. The van der Waals surface area contributed by atoms with E-state index in [-0.39, 0.29) is 0 Å². The Morgan fingerprint density at radius 2 is 2.31 bits per heavy atom. The van der Waals surface area contributed by atoms with Gasteiger partial charge in [0.15, 0.2) is 0 Å². The van der Waals surface area contributed by atoms with E-state index in [0.717, 1.165) is 6.54 Å². The topological polar surface area (TPSA) is 26.0 Å². The highest BCUT2D eigenvalue weighted by Crippen LogP contribution is 2.31. The van der Waals surface area contributed by atoms with Crippen LogP contribution < -0.4 is 5.73 Å². The van der Waals surface area contributed by atoms with Gasteiger partial charge in [0.1, 0.15) is 0 Å². The lowest BCUT2D eigenvalue weighted by atomic mass is 9.82. The van der Waals surface area contributed by atoms with Gasteiger partial charge in [0.25, 0.3) is 0 Å². The third-order valence-corrected chi connectivity index (χ3v) is 3.02. The summed E-state index contributed by atoms with van der Waals surface area (Å²) in [7, 11) is 0. The Morgan fingerprint density at radius 3 is 3.08 bits per heavy atom. The summed E-state index contributed by atoms with van der Waals surface area (Å²) >= 11 is 0. The molecule has 0 radical (unpaired) electrons. The first-order valence-electron chi connectivity index (χ1n) is 5.11. The molecule has 0 spiro atoms. The third-order valence-electron chi connectivity index (χ3n) is 3.02. The van der Waals surface area contributed by atoms with Crippen molar-refractivity contribution in [3.63, 3.8) is 0 Å². The summed E-state index contributed by atoms with van der Waals surface area (Å²) in [5.41, 5.74) is 10.2. The molecule has 1 aromatic rings. The molecule has 70 valence electrons. The standard InChI is InChI=1S/C12H17N/c1-9-5-6-12-10(7-9)3-2-4-11(12)8-13/h5-7,11H,2-4,8,13H2,1H3/t11-/m0/s1. The second kappa shape index (κ2) is 3.51. The predicted octanol–water partition coefficient (Wildman–Crippen LogP) is 2.37. The Morgan fingerprint density at radius 1 is 1.46 bits per heavy atom. The van der Waals surface area contributed by atoms with Crippen LogP contribution in [0.15, 0.2) is 18.2 Å². The first-order valence-corrected chi connectivity index (χ1v) is 5.11. The lowest BCUT2D eigenvalue weighted by Gasteiger charge is -2.24. The molecule has 1 aromatic carbocycles. The average molecular weight is 175 g/mol. The van der Waals surface area contributed by atoms with Crippen LogP contribution in [0.25, 0.3) is 0 Å². The number of benzene rings is 1. The molecule has 13 heavy (non-hydrogen) atoms. The van der Waals surface area contributed by atoms with Gasteiger partial charge in [-0.25, -0.2) is 0 Å². The van der Waals surface area contributed by atoms with Crippen LogP contribution in [0, 0.1) is 6.92 Å². The molecular weight excluding hydrogens is 158 g/mol. The number of aryl methyl sites for hydroxylation is 2. The van der Waals surface area contributed by atoms with Crippen molar-refractivity contribution in [3.8, 4) is 0 Å². The average Bonchev–Trinajstić information content (AvgIpc) is 2.16. The molecule has 0 amide bonds. The zero-order valence-electron chi connectivity index (χ0n) is 8.22. The molecule has 0 fully saturated rings. The van der Waals surface area contributed by atoms with Crippen LogP contribution in [-0.4, -0.2) is 6.54 Å². The fourth-order valence-corrected chi connectivity index (χ4v) is 2.29. The second-order valence-corrected chi connectivity index (χ2v) is 4.03. The minimum Gasteiger partial charge on any atom is -0.330 e. The van der Waals surface area contributed by atoms with Gasteiger partial charge in [-0.3, -0.25) is 0 Å². The molecule has 0 saturated carbocycles. The van der Waals surface area contributed by atoms with Gasteiger partial charge < -0.3 is 5.73 Å². The first-order chi connectivity index (χ1) is 6.31. The Bertz CT molecular complexity index is 304. The highest BCUT2D eigenvalue weighted by atomic mass is 14.6. The number of fused-ring (bicyclic) bond motifs is 1. The van der Waals surface area contributed by atoms with Gasteiger partial charge in [-0.15, -0.1) is 0 Å². The van der Waals surface area contributed by atoms with Gasteiger partial charge in [-0.2, -0.15) is 0 Å². The van der Waals surface area contributed by atoms with Crippen molar-refractivity contribution in [3.05, 3.63) is 34.9 Å². The molecule has 0 unspecified atom stereocenters. The fraction of sp³-hybridized carbons (Fsp3) is 0.500. The predicted molar refractivity (Wildman–Crippen MR) is 55.9 cm³/mol. The maximum Gasteiger partial charge on any atom is -0.000813 e. The van der Waals surface area contributed by atoms with Crippen molar-refractivity contribution in [2.24, 2.45) is 5.73 Å².